The van der Waals surface area contributed by atoms with Crippen molar-refractivity contribution in [1.29, 1.82) is 0 Å². The van der Waals surface area contributed by atoms with Gasteiger partial charge in [0.25, 0.3) is 0 Å². The molecule has 2 amide bonds. The fraction of sp³-hybridized carbons (Fsp3) is 0.375. The molecule has 0 aromatic heterocycles. The van der Waals surface area contributed by atoms with E-state index in [1.165, 1.54) is 18.1 Å². The van der Waals surface area contributed by atoms with E-state index >= 15 is 0 Å². The highest BCUT2D eigenvalue weighted by molar-refractivity contribution is 7.92. The molecule has 1 fully saturated rings. The zero-order chi connectivity index (χ0) is 31.0. The van der Waals surface area contributed by atoms with Crippen LogP contribution in [0.5, 0.6) is 5.75 Å². The summed E-state index contributed by atoms with van der Waals surface area (Å²) in [5.74, 6) is -0.589. The Morgan fingerprint density at radius 3 is 2.21 bits per heavy atom. The van der Waals surface area contributed by atoms with Gasteiger partial charge in [0.15, 0.2) is 0 Å². The van der Waals surface area contributed by atoms with Crippen molar-refractivity contribution in [3.05, 3.63) is 94.0 Å². The van der Waals surface area contributed by atoms with Gasteiger partial charge < -0.3 is 15.0 Å². The standard InChI is InChI=1S/C32H37Cl2N3O5S/c1-42-30-18-17-26(34)20-28(30)37(43(2,40)41)22-31(38)36(21-24-13-15-25(33)16-14-24)29(19-23-9-5-3-6-10-23)32(39)35-27-11-7-4-8-12-27/h3,5-6,9-10,13-18,20,27,29H,4,7-8,11-12,19,21-22H2,1-2H3,(H,35,39). The predicted molar refractivity (Wildman–Crippen MR) is 171 cm³/mol. The summed E-state index contributed by atoms with van der Waals surface area (Å²) in [5, 5.41) is 4.00. The molecule has 1 aliphatic rings. The van der Waals surface area contributed by atoms with Crippen molar-refractivity contribution < 1.29 is 22.7 Å². The van der Waals surface area contributed by atoms with E-state index in [0.717, 1.165) is 53.8 Å². The first kappa shape index (κ1) is 32.6. The first-order valence-corrected chi connectivity index (χ1v) is 16.8. The second-order valence-corrected chi connectivity index (χ2v) is 13.6. The summed E-state index contributed by atoms with van der Waals surface area (Å²) in [6.07, 6.45) is 6.23. The molecular formula is C32H37Cl2N3O5S. The van der Waals surface area contributed by atoms with Crippen molar-refractivity contribution in [2.45, 2.75) is 57.2 Å². The van der Waals surface area contributed by atoms with Crippen LogP contribution in [0.2, 0.25) is 10.0 Å². The van der Waals surface area contributed by atoms with Crippen LogP contribution < -0.4 is 14.4 Å². The summed E-state index contributed by atoms with van der Waals surface area (Å²) in [6, 6.07) is 20.1. The number of halogens is 2. The molecule has 0 spiro atoms. The number of hydrogen-bond acceptors (Lipinski definition) is 5. The van der Waals surface area contributed by atoms with Gasteiger partial charge in [0.2, 0.25) is 21.8 Å². The van der Waals surface area contributed by atoms with Gasteiger partial charge in [0, 0.05) is 29.1 Å². The number of nitrogens with one attached hydrogen (secondary N) is 1. The number of ether oxygens (including phenoxy) is 1. The van der Waals surface area contributed by atoms with Crippen LogP contribution in [-0.4, -0.2) is 57.1 Å². The lowest BCUT2D eigenvalue weighted by Gasteiger charge is -2.35. The normalized spacial score (nSPS) is 14.5. The summed E-state index contributed by atoms with van der Waals surface area (Å²) in [7, 11) is -2.56. The second kappa shape index (κ2) is 14.9. The van der Waals surface area contributed by atoms with Gasteiger partial charge in [-0.05, 0) is 54.3 Å². The fourth-order valence-corrected chi connectivity index (χ4v) is 6.47. The molecule has 11 heteroatoms. The molecule has 0 radical (unpaired) electrons. The first-order chi connectivity index (χ1) is 20.5. The van der Waals surface area contributed by atoms with E-state index in [1.807, 2.05) is 30.3 Å². The molecule has 1 atom stereocenters. The minimum Gasteiger partial charge on any atom is -0.495 e. The molecule has 4 rings (SSSR count). The number of anilines is 1. The molecule has 0 bridgehead atoms. The Balaban J connectivity index is 1.75. The number of carbonyl (C=O) groups excluding carboxylic acids is 2. The van der Waals surface area contributed by atoms with Crippen molar-refractivity contribution in [3.63, 3.8) is 0 Å². The van der Waals surface area contributed by atoms with Gasteiger partial charge in [-0.3, -0.25) is 13.9 Å². The highest BCUT2D eigenvalue weighted by Crippen LogP contribution is 2.33. The predicted octanol–water partition coefficient (Wildman–Crippen LogP) is 5.86. The maximum atomic E-state index is 14.3. The van der Waals surface area contributed by atoms with Gasteiger partial charge in [-0.1, -0.05) is 84.9 Å². The maximum absolute atomic E-state index is 14.3. The Morgan fingerprint density at radius 1 is 0.930 bits per heavy atom. The third-order valence-corrected chi connectivity index (χ3v) is 9.19. The lowest BCUT2D eigenvalue weighted by Crippen LogP contribution is -2.55. The van der Waals surface area contributed by atoms with Crippen LogP contribution in [0, 0.1) is 0 Å². The van der Waals surface area contributed by atoms with Crippen LogP contribution >= 0.6 is 23.2 Å². The van der Waals surface area contributed by atoms with Crippen molar-refractivity contribution in [3.8, 4) is 5.75 Å². The van der Waals surface area contributed by atoms with Gasteiger partial charge in [-0.15, -0.1) is 0 Å². The van der Waals surface area contributed by atoms with Gasteiger partial charge >= 0.3 is 0 Å². The van der Waals surface area contributed by atoms with E-state index in [9.17, 15) is 18.0 Å². The monoisotopic (exact) mass is 645 g/mol. The Bertz CT molecular complexity index is 1500. The van der Waals surface area contributed by atoms with Crippen molar-refractivity contribution in [1.82, 2.24) is 10.2 Å². The summed E-state index contributed by atoms with van der Waals surface area (Å²) >= 11 is 12.4. The Hall–Kier alpha value is -3.27. The molecule has 0 aliphatic heterocycles. The SMILES string of the molecule is COc1ccc(Cl)cc1N(CC(=O)N(Cc1ccc(Cl)cc1)C(Cc1ccccc1)C(=O)NC1CCCCC1)S(C)(=O)=O. The molecular weight excluding hydrogens is 609 g/mol. The van der Waals surface area contributed by atoms with E-state index < -0.39 is 28.5 Å². The van der Waals surface area contributed by atoms with Gasteiger partial charge in [-0.2, -0.15) is 0 Å². The number of hydrogen-bond donors (Lipinski definition) is 1. The molecule has 8 nitrogen and oxygen atoms in total. The fourth-order valence-electron chi connectivity index (χ4n) is 5.34. The molecule has 0 heterocycles. The van der Waals surface area contributed by atoms with Crippen molar-refractivity contribution in [2.24, 2.45) is 0 Å². The van der Waals surface area contributed by atoms with Crippen molar-refractivity contribution >= 4 is 50.7 Å². The van der Waals surface area contributed by atoms with Crippen LogP contribution in [0.15, 0.2) is 72.8 Å². The third kappa shape index (κ3) is 9.11. The molecule has 1 N–H and O–H groups in total. The largest absolute Gasteiger partial charge is 0.495 e. The third-order valence-electron chi connectivity index (χ3n) is 7.58. The minimum atomic E-state index is -3.97. The van der Waals surface area contributed by atoms with Crippen LogP contribution in [0.1, 0.15) is 43.2 Å². The highest BCUT2D eigenvalue weighted by atomic mass is 35.5. The molecule has 3 aromatic carbocycles. The van der Waals surface area contributed by atoms with Crippen LogP contribution in [0.25, 0.3) is 0 Å². The number of rotatable bonds is 12. The number of benzene rings is 3. The summed E-state index contributed by atoms with van der Waals surface area (Å²) in [5.41, 5.74) is 1.74. The highest BCUT2D eigenvalue weighted by Gasteiger charge is 2.34. The van der Waals surface area contributed by atoms with E-state index in [4.69, 9.17) is 27.9 Å². The summed E-state index contributed by atoms with van der Waals surface area (Å²) in [6.45, 7) is -0.499. The van der Waals surface area contributed by atoms with E-state index in [1.54, 1.807) is 36.4 Å². The summed E-state index contributed by atoms with van der Waals surface area (Å²) in [4.78, 5) is 29.8. The number of nitrogens with zero attached hydrogens (tertiary/aromatic N) is 2. The molecule has 1 unspecified atom stereocenters. The summed E-state index contributed by atoms with van der Waals surface area (Å²) < 4.78 is 32.5. The lowest BCUT2D eigenvalue weighted by molar-refractivity contribution is -0.140. The van der Waals surface area contributed by atoms with Gasteiger partial charge in [-0.25, -0.2) is 8.42 Å². The maximum Gasteiger partial charge on any atom is 0.244 e. The number of carbonyl (C=O) groups is 2. The Kier molecular flexibility index (Phi) is 11.3. The van der Waals surface area contributed by atoms with E-state index in [2.05, 4.69) is 5.32 Å². The average molecular weight is 647 g/mol. The van der Waals surface area contributed by atoms with Crippen LogP contribution in [0.3, 0.4) is 0 Å². The molecule has 43 heavy (non-hydrogen) atoms. The smallest absolute Gasteiger partial charge is 0.244 e. The zero-order valence-electron chi connectivity index (χ0n) is 24.3. The Labute approximate surface area is 264 Å². The minimum absolute atomic E-state index is 0.0234. The Morgan fingerprint density at radius 2 is 1.58 bits per heavy atom. The van der Waals surface area contributed by atoms with Crippen LogP contribution in [0.4, 0.5) is 5.69 Å². The zero-order valence-corrected chi connectivity index (χ0v) is 26.7. The molecule has 1 saturated carbocycles. The van der Waals surface area contributed by atoms with E-state index in [-0.39, 0.29) is 41.4 Å². The molecule has 230 valence electrons. The number of methoxy groups -OCH3 is 1. The van der Waals surface area contributed by atoms with Gasteiger partial charge in [0.05, 0.1) is 19.1 Å². The first-order valence-electron chi connectivity index (χ1n) is 14.2. The van der Waals surface area contributed by atoms with Gasteiger partial charge in [0.1, 0.15) is 18.3 Å². The lowest BCUT2D eigenvalue weighted by atomic mass is 9.94. The van der Waals surface area contributed by atoms with Crippen LogP contribution in [-0.2, 0) is 32.6 Å². The second-order valence-electron chi connectivity index (χ2n) is 10.8. The molecule has 1 aliphatic carbocycles. The van der Waals surface area contributed by atoms with Crippen molar-refractivity contribution in [2.75, 3.05) is 24.2 Å². The average Bonchev–Trinajstić information content (AvgIpc) is 2.99. The molecule has 3 aromatic rings. The van der Waals surface area contributed by atoms with E-state index in [0.29, 0.717) is 5.02 Å². The number of amides is 2. The topological polar surface area (TPSA) is 96.0 Å². The number of sulfonamides is 1. The molecule has 0 saturated heterocycles. The quantitative estimate of drug-likeness (QED) is 0.266.